The molecular formula is C25H19N5O5. The second kappa shape index (κ2) is 8.82. The molecule has 174 valence electrons. The van der Waals surface area contributed by atoms with Gasteiger partial charge in [-0.25, -0.2) is 0 Å². The Morgan fingerprint density at radius 1 is 0.886 bits per heavy atom. The van der Waals surface area contributed by atoms with Gasteiger partial charge in [-0.2, -0.15) is 5.10 Å². The summed E-state index contributed by atoms with van der Waals surface area (Å²) < 4.78 is 5.58. The number of nitrogens with zero attached hydrogens (tertiary/aromatic N) is 5. The van der Waals surface area contributed by atoms with Crippen molar-refractivity contribution in [2.24, 2.45) is 5.10 Å². The Labute approximate surface area is 199 Å². The van der Waals surface area contributed by atoms with E-state index in [2.05, 4.69) is 5.16 Å². The molecule has 0 aliphatic carbocycles. The molecule has 10 heteroatoms. The number of non-ortho nitro benzene ring substituents is 1. The van der Waals surface area contributed by atoms with E-state index in [0.29, 0.717) is 17.0 Å². The molecule has 0 saturated heterocycles. The number of hydrogen-bond donors (Lipinski definition) is 0. The van der Waals surface area contributed by atoms with Crippen LogP contribution in [0, 0.1) is 27.2 Å². The molecule has 0 bridgehead atoms. The highest BCUT2D eigenvalue weighted by Gasteiger charge is 2.47. The Hall–Kier alpha value is -4.86. The topological polar surface area (TPSA) is 128 Å². The Morgan fingerprint density at radius 2 is 1.57 bits per heavy atom. The summed E-state index contributed by atoms with van der Waals surface area (Å²) in [6, 6.07) is 24.1. The Balaban J connectivity index is 1.77. The number of benzene rings is 3. The van der Waals surface area contributed by atoms with Crippen molar-refractivity contribution in [3.8, 4) is 0 Å². The number of anilines is 1. The first-order valence-corrected chi connectivity index (χ1v) is 10.8. The predicted molar refractivity (Wildman–Crippen MR) is 128 cm³/mol. The number of aromatic nitrogens is 1. The largest absolute Gasteiger partial charge is 0.351 e. The van der Waals surface area contributed by atoms with Gasteiger partial charge in [0.05, 0.1) is 27.2 Å². The molecule has 35 heavy (non-hydrogen) atoms. The lowest BCUT2D eigenvalue weighted by Gasteiger charge is -2.26. The molecule has 1 aliphatic heterocycles. The summed E-state index contributed by atoms with van der Waals surface area (Å²) in [5.74, 6) is -0.473. The van der Waals surface area contributed by atoms with Crippen LogP contribution < -0.4 is 5.01 Å². The van der Waals surface area contributed by atoms with Crippen molar-refractivity contribution in [3.63, 3.8) is 0 Å². The molecule has 1 aliphatic rings. The van der Waals surface area contributed by atoms with Gasteiger partial charge in [-0.15, -0.1) is 0 Å². The van der Waals surface area contributed by atoms with Crippen LogP contribution in [0.2, 0.25) is 0 Å². The number of rotatable bonds is 6. The van der Waals surface area contributed by atoms with Crippen molar-refractivity contribution in [1.29, 1.82) is 0 Å². The van der Waals surface area contributed by atoms with Crippen LogP contribution in [-0.2, 0) is 0 Å². The van der Waals surface area contributed by atoms with Gasteiger partial charge in [0.1, 0.15) is 6.04 Å². The molecule has 0 spiro atoms. The first kappa shape index (κ1) is 22.0. The summed E-state index contributed by atoms with van der Waals surface area (Å²) in [6.45, 7) is 1.52. The van der Waals surface area contributed by atoms with E-state index in [1.807, 2.05) is 60.7 Å². The van der Waals surface area contributed by atoms with E-state index < -0.39 is 21.8 Å². The average molecular weight is 469 g/mol. The number of hydrogen-bond acceptors (Lipinski definition) is 8. The van der Waals surface area contributed by atoms with E-state index in [-0.39, 0.29) is 22.8 Å². The van der Waals surface area contributed by atoms with Gasteiger partial charge in [0.2, 0.25) is 5.76 Å². The lowest BCUT2D eigenvalue weighted by Crippen LogP contribution is -2.25. The third-order valence-corrected chi connectivity index (χ3v) is 5.93. The van der Waals surface area contributed by atoms with Crippen LogP contribution in [0.3, 0.4) is 0 Å². The third-order valence-electron chi connectivity index (χ3n) is 5.93. The highest BCUT2D eigenvalue weighted by molar-refractivity contribution is 6.08. The molecule has 2 heterocycles. The second-order valence-corrected chi connectivity index (χ2v) is 8.04. The molecule has 5 rings (SSSR count). The van der Waals surface area contributed by atoms with Crippen LogP contribution >= 0.6 is 0 Å². The minimum absolute atomic E-state index is 0.0642. The summed E-state index contributed by atoms with van der Waals surface area (Å²) in [7, 11) is 0. The fourth-order valence-corrected chi connectivity index (χ4v) is 4.41. The standard InChI is InChI=1S/C25H19N5O5/c1-16-23(30(33)34)25(35-27-16)24-21(17-9-4-2-5-10-17)22(18-11-8-14-20(15-18)29(31)32)26-28(24)19-12-6-3-7-13-19/h2-15,21,24H,1H3. The minimum atomic E-state index is -0.754. The van der Waals surface area contributed by atoms with Crippen molar-refractivity contribution < 1.29 is 14.4 Å². The van der Waals surface area contributed by atoms with Crippen LogP contribution in [0.1, 0.15) is 34.5 Å². The summed E-state index contributed by atoms with van der Waals surface area (Å²) in [5, 5.41) is 33.9. The van der Waals surface area contributed by atoms with Crippen molar-refractivity contribution >= 4 is 22.8 Å². The maximum Gasteiger partial charge on any atom is 0.336 e. The summed E-state index contributed by atoms with van der Waals surface area (Å²) in [5.41, 5.74) is 2.44. The van der Waals surface area contributed by atoms with Crippen molar-refractivity contribution in [2.75, 3.05) is 5.01 Å². The molecular weight excluding hydrogens is 450 g/mol. The van der Waals surface area contributed by atoms with Crippen LogP contribution in [0.5, 0.6) is 0 Å². The van der Waals surface area contributed by atoms with Gasteiger partial charge < -0.3 is 4.52 Å². The van der Waals surface area contributed by atoms with Gasteiger partial charge >= 0.3 is 5.69 Å². The van der Waals surface area contributed by atoms with E-state index >= 15 is 0 Å². The zero-order valence-corrected chi connectivity index (χ0v) is 18.5. The average Bonchev–Trinajstić information content (AvgIpc) is 3.46. The van der Waals surface area contributed by atoms with E-state index in [9.17, 15) is 20.2 Å². The van der Waals surface area contributed by atoms with Gasteiger partial charge in [-0.05, 0) is 24.6 Å². The van der Waals surface area contributed by atoms with Crippen molar-refractivity contribution in [1.82, 2.24) is 5.16 Å². The number of nitro benzene ring substituents is 1. The van der Waals surface area contributed by atoms with Gasteiger partial charge in [0, 0.05) is 17.7 Å². The molecule has 2 atom stereocenters. The zero-order valence-electron chi connectivity index (χ0n) is 18.5. The lowest BCUT2D eigenvalue weighted by molar-refractivity contribution is -0.386. The molecule has 0 N–H and O–H groups in total. The van der Waals surface area contributed by atoms with Crippen molar-refractivity contribution in [2.45, 2.75) is 18.9 Å². The highest BCUT2D eigenvalue weighted by atomic mass is 16.6. The van der Waals surface area contributed by atoms with Crippen LogP contribution in [0.15, 0.2) is 94.6 Å². The van der Waals surface area contributed by atoms with E-state index in [0.717, 1.165) is 5.56 Å². The Kier molecular flexibility index (Phi) is 5.54. The van der Waals surface area contributed by atoms with Gasteiger partial charge in [0.15, 0.2) is 5.69 Å². The molecule has 0 fully saturated rings. The molecule has 10 nitrogen and oxygen atoms in total. The number of hydrazone groups is 1. The quantitative estimate of drug-likeness (QED) is 0.267. The minimum Gasteiger partial charge on any atom is -0.351 e. The predicted octanol–water partition coefficient (Wildman–Crippen LogP) is 5.55. The summed E-state index contributed by atoms with van der Waals surface area (Å²) in [4.78, 5) is 22.5. The summed E-state index contributed by atoms with van der Waals surface area (Å²) >= 11 is 0. The van der Waals surface area contributed by atoms with E-state index in [4.69, 9.17) is 9.62 Å². The first-order valence-electron chi connectivity index (χ1n) is 10.8. The normalized spacial score (nSPS) is 17.3. The monoisotopic (exact) mass is 469 g/mol. The smallest absolute Gasteiger partial charge is 0.336 e. The molecule has 0 saturated carbocycles. The maximum atomic E-state index is 12.0. The van der Waals surface area contributed by atoms with Gasteiger partial charge in [-0.3, -0.25) is 25.2 Å². The SMILES string of the molecule is Cc1noc(C2C(c3ccccc3)C(c3cccc([N+](=O)[O-])c3)=NN2c2ccccc2)c1[N+](=O)[O-]. The Morgan fingerprint density at radius 3 is 2.23 bits per heavy atom. The number of nitro groups is 2. The second-order valence-electron chi connectivity index (χ2n) is 8.04. The number of para-hydroxylation sites is 1. The van der Waals surface area contributed by atoms with E-state index in [1.165, 1.54) is 19.1 Å². The third kappa shape index (κ3) is 3.90. The van der Waals surface area contributed by atoms with Crippen LogP contribution in [0.25, 0.3) is 0 Å². The van der Waals surface area contributed by atoms with Crippen LogP contribution in [-0.4, -0.2) is 20.7 Å². The van der Waals surface area contributed by atoms with Crippen molar-refractivity contribution in [3.05, 3.63) is 128 Å². The van der Waals surface area contributed by atoms with Gasteiger partial charge in [-0.1, -0.05) is 65.8 Å². The summed E-state index contributed by atoms with van der Waals surface area (Å²) in [6.07, 6.45) is 0. The fraction of sp³-hybridized carbons (Fsp3) is 0.120. The molecule has 4 aromatic rings. The molecule has 3 aromatic carbocycles. The van der Waals surface area contributed by atoms with Crippen LogP contribution in [0.4, 0.5) is 17.1 Å². The molecule has 0 amide bonds. The highest BCUT2D eigenvalue weighted by Crippen LogP contribution is 2.48. The maximum absolute atomic E-state index is 12.0. The van der Waals surface area contributed by atoms with Gasteiger partial charge in [0.25, 0.3) is 5.69 Å². The Bertz CT molecular complexity index is 1440. The molecule has 1 aromatic heterocycles. The zero-order chi connectivity index (χ0) is 24.5. The lowest BCUT2D eigenvalue weighted by atomic mass is 9.83. The molecule has 0 radical (unpaired) electrons. The fourth-order valence-electron chi connectivity index (χ4n) is 4.41. The molecule has 2 unspecified atom stereocenters. The first-order chi connectivity index (χ1) is 17.0. The van der Waals surface area contributed by atoms with E-state index in [1.54, 1.807) is 17.1 Å². The number of aryl methyl sites for hydroxylation is 1.